The summed E-state index contributed by atoms with van der Waals surface area (Å²) in [5.41, 5.74) is 1.62. The number of carbonyl (C=O) groups excluding carboxylic acids is 1. The Balaban J connectivity index is 1.43. The minimum absolute atomic E-state index is 0.0408. The zero-order valence-electron chi connectivity index (χ0n) is 13.2. The largest absolute Gasteiger partial charge is 0.355 e. The number of likely N-dealkylation sites (tertiary alicyclic amines) is 1. The maximum absolute atomic E-state index is 12.7. The molecule has 6 heteroatoms. The van der Waals surface area contributed by atoms with Crippen molar-refractivity contribution in [2.24, 2.45) is 11.8 Å². The summed E-state index contributed by atoms with van der Waals surface area (Å²) < 4.78 is 0. The lowest BCUT2D eigenvalue weighted by atomic mass is 10.0. The average molecular weight is 319 g/mol. The number of hydrogen-bond donors (Lipinski definition) is 0. The third kappa shape index (κ3) is 2.58. The van der Waals surface area contributed by atoms with Crippen molar-refractivity contribution < 1.29 is 4.79 Å². The van der Waals surface area contributed by atoms with E-state index in [0.717, 1.165) is 24.5 Å². The van der Waals surface area contributed by atoms with Crippen molar-refractivity contribution in [3.63, 3.8) is 0 Å². The van der Waals surface area contributed by atoms with Crippen LogP contribution in [0.1, 0.15) is 11.1 Å². The van der Waals surface area contributed by atoms with E-state index in [4.69, 9.17) is 5.26 Å². The molecule has 0 bridgehead atoms. The van der Waals surface area contributed by atoms with E-state index in [2.05, 4.69) is 20.9 Å². The summed E-state index contributed by atoms with van der Waals surface area (Å²) in [7, 11) is 0. The standard InChI is InChI=1S/C18H17N5O/c19-6-13-3-4-17(21-8-13)22-10-15-11-23(18(24)16(15)12-22)9-14-2-1-5-20-7-14/h1-5,7-8,15-16H,9-12H2/t15-,16-/m1/s1. The molecule has 0 spiro atoms. The van der Waals surface area contributed by atoms with Crippen molar-refractivity contribution in [2.45, 2.75) is 6.54 Å². The van der Waals surface area contributed by atoms with Gasteiger partial charge in [-0.3, -0.25) is 9.78 Å². The van der Waals surface area contributed by atoms with Gasteiger partial charge in [0, 0.05) is 50.7 Å². The summed E-state index contributed by atoms with van der Waals surface area (Å²) in [6, 6.07) is 9.60. The maximum Gasteiger partial charge on any atom is 0.228 e. The molecule has 24 heavy (non-hydrogen) atoms. The van der Waals surface area contributed by atoms with Gasteiger partial charge in [0.15, 0.2) is 0 Å². The molecular formula is C18H17N5O. The Morgan fingerprint density at radius 2 is 2.12 bits per heavy atom. The fourth-order valence-corrected chi connectivity index (χ4v) is 3.62. The summed E-state index contributed by atoms with van der Waals surface area (Å²) in [6.07, 6.45) is 5.14. The van der Waals surface area contributed by atoms with E-state index in [0.29, 0.717) is 24.6 Å². The van der Waals surface area contributed by atoms with Crippen LogP contribution in [0.25, 0.3) is 0 Å². The molecule has 2 fully saturated rings. The Hall–Kier alpha value is -2.94. The third-order valence-electron chi connectivity index (χ3n) is 4.82. The smallest absolute Gasteiger partial charge is 0.228 e. The highest BCUT2D eigenvalue weighted by Crippen LogP contribution is 2.34. The van der Waals surface area contributed by atoms with Crippen LogP contribution in [0.2, 0.25) is 0 Å². The fourth-order valence-electron chi connectivity index (χ4n) is 3.62. The lowest BCUT2D eigenvalue weighted by molar-refractivity contribution is -0.131. The van der Waals surface area contributed by atoms with E-state index < -0.39 is 0 Å². The minimum Gasteiger partial charge on any atom is -0.355 e. The molecule has 4 heterocycles. The topological polar surface area (TPSA) is 73.1 Å². The molecule has 0 radical (unpaired) electrons. The number of anilines is 1. The van der Waals surface area contributed by atoms with E-state index in [1.807, 2.05) is 29.3 Å². The van der Waals surface area contributed by atoms with Gasteiger partial charge in [-0.15, -0.1) is 0 Å². The second-order valence-corrected chi connectivity index (χ2v) is 6.37. The molecular weight excluding hydrogens is 302 g/mol. The second kappa shape index (κ2) is 5.93. The van der Waals surface area contributed by atoms with Crippen molar-refractivity contribution in [1.29, 1.82) is 5.26 Å². The summed E-state index contributed by atoms with van der Waals surface area (Å²) >= 11 is 0. The molecule has 6 nitrogen and oxygen atoms in total. The van der Waals surface area contributed by atoms with Crippen LogP contribution in [0.5, 0.6) is 0 Å². The van der Waals surface area contributed by atoms with Crippen LogP contribution >= 0.6 is 0 Å². The van der Waals surface area contributed by atoms with Crippen molar-refractivity contribution in [3.8, 4) is 6.07 Å². The zero-order chi connectivity index (χ0) is 16.5. The van der Waals surface area contributed by atoms with Crippen molar-refractivity contribution in [2.75, 3.05) is 24.5 Å². The molecule has 0 unspecified atom stereocenters. The molecule has 2 aromatic rings. The third-order valence-corrected chi connectivity index (χ3v) is 4.82. The lowest BCUT2D eigenvalue weighted by Crippen LogP contribution is -2.32. The molecule has 2 aliphatic rings. The van der Waals surface area contributed by atoms with Crippen LogP contribution in [-0.2, 0) is 11.3 Å². The number of pyridine rings is 2. The number of rotatable bonds is 3. The van der Waals surface area contributed by atoms with Gasteiger partial charge in [-0.2, -0.15) is 5.26 Å². The van der Waals surface area contributed by atoms with E-state index in [1.165, 1.54) is 0 Å². The van der Waals surface area contributed by atoms with E-state index in [1.54, 1.807) is 18.5 Å². The molecule has 0 aliphatic carbocycles. The highest BCUT2D eigenvalue weighted by atomic mass is 16.2. The van der Waals surface area contributed by atoms with Crippen molar-refractivity contribution >= 4 is 11.7 Å². The SMILES string of the molecule is N#Cc1ccc(N2C[C@@H]3CN(Cc4cccnc4)C(=O)[C@@H]3C2)nc1. The van der Waals surface area contributed by atoms with Gasteiger partial charge in [0.1, 0.15) is 11.9 Å². The van der Waals surface area contributed by atoms with Gasteiger partial charge < -0.3 is 9.80 Å². The van der Waals surface area contributed by atoms with Gasteiger partial charge >= 0.3 is 0 Å². The van der Waals surface area contributed by atoms with Gasteiger partial charge in [0.25, 0.3) is 0 Å². The predicted molar refractivity (Wildman–Crippen MR) is 87.8 cm³/mol. The van der Waals surface area contributed by atoms with Crippen LogP contribution in [-0.4, -0.2) is 40.4 Å². The maximum atomic E-state index is 12.7. The summed E-state index contributed by atoms with van der Waals surface area (Å²) in [5.74, 6) is 1.45. The van der Waals surface area contributed by atoms with Crippen LogP contribution in [0.15, 0.2) is 42.9 Å². The van der Waals surface area contributed by atoms with Crippen molar-refractivity contribution in [1.82, 2.24) is 14.9 Å². The highest BCUT2D eigenvalue weighted by molar-refractivity contribution is 5.83. The average Bonchev–Trinajstić information content (AvgIpc) is 3.16. The quantitative estimate of drug-likeness (QED) is 0.856. The Morgan fingerprint density at radius 3 is 2.79 bits per heavy atom. The van der Waals surface area contributed by atoms with Crippen LogP contribution in [0.3, 0.4) is 0 Å². The number of fused-ring (bicyclic) bond motifs is 1. The van der Waals surface area contributed by atoms with Gasteiger partial charge in [0.05, 0.1) is 11.5 Å². The molecule has 0 N–H and O–H groups in total. The molecule has 0 saturated carbocycles. The fraction of sp³-hybridized carbons (Fsp3) is 0.333. The Morgan fingerprint density at radius 1 is 1.21 bits per heavy atom. The Kier molecular flexibility index (Phi) is 3.62. The molecule has 2 aromatic heterocycles. The Bertz CT molecular complexity index is 783. The van der Waals surface area contributed by atoms with E-state index in [-0.39, 0.29) is 11.8 Å². The summed E-state index contributed by atoms with van der Waals surface area (Å²) in [4.78, 5) is 25.2. The van der Waals surface area contributed by atoms with E-state index in [9.17, 15) is 4.79 Å². The minimum atomic E-state index is 0.0408. The number of aromatic nitrogens is 2. The predicted octanol–water partition coefficient (Wildman–Crippen LogP) is 1.44. The normalized spacial score (nSPS) is 22.5. The van der Waals surface area contributed by atoms with E-state index >= 15 is 0 Å². The monoisotopic (exact) mass is 319 g/mol. The van der Waals surface area contributed by atoms with Crippen LogP contribution < -0.4 is 4.90 Å². The first-order valence-corrected chi connectivity index (χ1v) is 8.03. The molecule has 2 aliphatic heterocycles. The second-order valence-electron chi connectivity index (χ2n) is 6.37. The van der Waals surface area contributed by atoms with Crippen LogP contribution in [0.4, 0.5) is 5.82 Å². The number of nitriles is 1. The zero-order valence-corrected chi connectivity index (χ0v) is 13.2. The molecule has 4 rings (SSSR count). The first-order chi connectivity index (χ1) is 11.7. The van der Waals surface area contributed by atoms with Gasteiger partial charge in [-0.25, -0.2) is 4.98 Å². The molecule has 120 valence electrons. The van der Waals surface area contributed by atoms with Crippen LogP contribution in [0, 0.1) is 23.2 Å². The van der Waals surface area contributed by atoms with Gasteiger partial charge in [0.2, 0.25) is 5.91 Å². The number of nitrogens with zero attached hydrogens (tertiary/aromatic N) is 5. The van der Waals surface area contributed by atoms with Gasteiger partial charge in [-0.1, -0.05) is 6.07 Å². The lowest BCUT2D eigenvalue weighted by Gasteiger charge is -2.22. The summed E-state index contributed by atoms with van der Waals surface area (Å²) in [5, 5.41) is 8.85. The molecule has 2 saturated heterocycles. The Labute approximate surface area is 140 Å². The number of carbonyl (C=O) groups is 1. The molecule has 1 amide bonds. The highest BCUT2D eigenvalue weighted by Gasteiger charge is 2.46. The number of amides is 1. The first-order valence-electron chi connectivity index (χ1n) is 8.03. The van der Waals surface area contributed by atoms with Gasteiger partial charge in [-0.05, 0) is 23.8 Å². The van der Waals surface area contributed by atoms with Crippen molar-refractivity contribution in [3.05, 3.63) is 54.0 Å². The molecule has 0 aromatic carbocycles. The number of hydrogen-bond acceptors (Lipinski definition) is 5. The summed E-state index contributed by atoms with van der Waals surface area (Å²) in [6.45, 7) is 2.95. The first kappa shape index (κ1) is 14.6. The molecule has 2 atom stereocenters.